The van der Waals surface area contributed by atoms with Crippen LogP contribution in [0.5, 0.6) is 0 Å². The molecule has 0 aliphatic carbocycles. The molecule has 2 aromatic rings. The average Bonchev–Trinajstić information content (AvgIpc) is 2.83. The third-order valence-electron chi connectivity index (χ3n) is 2.78. The van der Waals surface area contributed by atoms with Gasteiger partial charge in [0.1, 0.15) is 6.73 Å². The van der Waals surface area contributed by atoms with Crippen molar-refractivity contribution in [3.63, 3.8) is 0 Å². The molecular formula is C13H19ClN4OSi. The number of hydrogen-bond acceptors (Lipinski definition) is 4. The van der Waals surface area contributed by atoms with E-state index in [0.717, 1.165) is 23.9 Å². The molecule has 0 radical (unpaired) electrons. The lowest BCUT2D eigenvalue weighted by Crippen LogP contribution is -2.22. The van der Waals surface area contributed by atoms with E-state index >= 15 is 0 Å². The number of rotatable bonds is 6. The first-order valence-corrected chi connectivity index (χ1v) is 10.6. The Kier molecular flexibility index (Phi) is 4.90. The highest BCUT2D eigenvalue weighted by Gasteiger charge is 2.12. The van der Waals surface area contributed by atoms with Gasteiger partial charge in [0.25, 0.3) is 0 Å². The fourth-order valence-corrected chi connectivity index (χ4v) is 2.43. The van der Waals surface area contributed by atoms with Gasteiger partial charge in [0, 0.05) is 26.4 Å². The molecule has 0 saturated heterocycles. The van der Waals surface area contributed by atoms with Crippen LogP contribution in [0.15, 0.2) is 24.5 Å². The summed E-state index contributed by atoms with van der Waals surface area (Å²) in [7, 11) is -1.03. The quantitative estimate of drug-likeness (QED) is 0.607. The first kappa shape index (κ1) is 15.2. The Balaban J connectivity index is 1.88. The summed E-state index contributed by atoms with van der Waals surface area (Å²) in [5, 5.41) is 12.5. The summed E-state index contributed by atoms with van der Waals surface area (Å²) < 4.78 is 7.40. The molecule has 0 aromatic carbocycles. The molecule has 2 rings (SSSR count). The van der Waals surface area contributed by atoms with E-state index in [0.29, 0.717) is 11.9 Å². The van der Waals surface area contributed by atoms with Crippen LogP contribution in [0, 0.1) is 0 Å². The third-order valence-corrected chi connectivity index (χ3v) is 4.69. The monoisotopic (exact) mass is 310 g/mol. The van der Waals surface area contributed by atoms with Gasteiger partial charge in [-0.1, -0.05) is 31.2 Å². The van der Waals surface area contributed by atoms with E-state index in [1.807, 2.05) is 12.3 Å². The van der Waals surface area contributed by atoms with E-state index in [9.17, 15) is 0 Å². The van der Waals surface area contributed by atoms with Gasteiger partial charge in [-0.05, 0) is 18.2 Å². The molecule has 7 heteroatoms. The van der Waals surface area contributed by atoms with Crippen molar-refractivity contribution in [3.8, 4) is 11.3 Å². The minimum absolute atomic E-state index is 0.385. The number of ether oxygens (including phenoxy) is 1. The Morgan fingerprint density at radius 3 is 2.70 bits per heavy atom. The molecule has 0 amide bonds. The van der Waals surface area contributed by atoms with Crippen LogP contribution in [0.3, 0.4) is 0 Å². The fourth-order valence-electron chi connectivity index (χ4n) is 1.57. The highest BCUT2D eigenvalue weighted by atomic mass is 35.5. The van der Waals surface area contributed by atoms with Crippen molar-refractivity contribution in [1.29, 1.82) is 0 Å². The van der Waals surface area contributed by atoms with Crippen LogP contribution in [-0.2, 0) is 11.5 Å². The Hall–Kier alpha value is -1.24. The summed E-state index contributed by atoms with van der Waals surface area (Å²) >= 11 is 5.71. The first-order chi connectivity index (χ1) is 9.44. The lowest BCUT2D eigenvalue weighted by atomic mass is 10.2. The lowest BCUT2D eigenvalue weighted by molar-refractivity contribution is 0.0786. The molecule has 0 fully saturated rings. The van der Waals surface area contributed by atoms with Crippen molar-refractivity contribution in [2.75, 3.05) is 6.61 Å². The summed E-state index contributed by atoms with van der Waals surface area (Å²) in [6.07, 6.45) is 3.65. The molecule has 0 atom stereocenters. The summed E-state index contributed by atoms with van der Waals surface area (Å²) in [4.78, 5) is 0. The van der Waals surface area contributed by atoms with Gasteiger partial charge in [-0.15, -0.1) is 10.2 Å². The standard InChI is InChI=1S/C13H19ClN4OSi/c1-20(2,3)7-6-19-10-18-9-11(8-15-18)12-4-5-13(14)17-16-12/h4-5,8-9H,6-7,10H2,1-3H3. The van der Waals surface area contributed by atoms with E-state index in [1.54, 1.807) is 16.9 Å². The maximum atomic E-state index is 5.71. The highest BCUT2D eigenvalue weighted by Crippen LogP contribution is 2.16. The minimum Gasteiger partial charge on any atom is -0.360 e. The topological polar surface area (TPSA) is 52.8 Å². The molecular weight excluding hydrogens is 292 g/mol. The van der Waals surface area contributed by atoms with E-state index in [2.05, 4.69) is 34.9 Å². The van der Waals surface area contributed by atoms with Crippen LogP contribution >= 0.6 is 11.6 Å². The summed E-state index contributed by atoms with van der Waals surface area (Å²) in [6.45, 7) is 8.25. The second-order valence-corrected chi connectivity index (χ2v) is 11.9. The molecule has 0 aliphatic rings. The van der Waals surface area contributed by atoms with E-state index in [-0.39, 0.29) is 0 Å². The third kappa shape index (κ3) is 4.70. The van der Waals surface area contributed by atoms with E-state index < -0.39 is 8.07 Å². The molecule has 0 bridgehead atoms. The van der Waals surface area contributed by atoms with Gasteiger partial charge in [0.05, 0.1) is 11.9 Å². The van der Waals surface area contributed by atoms with Crippen LogP contribution in [0.2, 0.25) is 30.8 Å². The largest absolute Gasteiger partial charge is 0.360 e. The van der Waals surface area contributed by atoms with Crippen molar-refractivity contribution < 1.29 is 4.74 Å². The molecule has 20 heavy (non-hydrogen) atoms. The van der Waals surface area contributed by atoms with Crippen molar-refractivity contribution in [1.82, 2.24) is 20.0 Å². The van der Waals surface area contributed by atoms with Crippen molar-refractivity contribution in [2.45, 2.75) is 32.4 Å². The molecule has 2 aromatic heterocycles. The van der Waals surface area contributed by atoms with Crippen LogP contribution in [0.4, 0.5) is 0 Å². The Bertz CT molecular complexity index is 550. The molecule has 2 heterocycles. The normalized spacial score (nSPS) is 11.8. The molecule has 0 saturated carbocycles. The molecule has 0 N–H and O–H groups in total. The van der Waals surface area contributed by atoms with Gasteiger partial charge < -0.3 is 4.74 Å². The molecule has 5 nitrogen and oxygen atoms in total. The Morgan fingerprint density at radius 1 is 1.25 bits per heavy atom. The van der Waals surface area contributed by atoms with Crippen molar-refractivity contribution in [2.24, 2.45) is 0 Å². The number of aromatic nitrogens is 4. The van der Waals surface area contributed by atoms with Gasteiger partial charge in [-0.25, -0.2) is 4.68 Å². The maximum absolute atomic E-state index is 5.71. The predicted octanol–water partition coefficient (Wildman–Crippen LogP) is 3.31. The first-order valence-electron chi connectivity index (χ1n) is 6.54. The van der Waals surface area contributed by atoms with Crippen LogP contribution < -0.4 is 0 Å². The molecule has 0 spiro atoms. The van der Waals surface area contributed by atoms with Gasteiger partial charge in [0.2, 0.25) is 0 Å². The van der Waals surface area contributed by atoms with Crippen LogP contribution in [0.25, 0.3) is 11.3 Å². The Labute approximate surface area is 124 Å². The van der Waals surface area contributed by atoms with Gasteiger partial charge in [0.15, 0.2) is 5.15 Å². The number of hydrogen-bond donors (Lipinski definition) is 0. The SMILES string of the molecule is C[Si](C)(C)CCOCn1cc(-c2ccc(Cl)nn2)cn1. The number of nitrogens with zero attached hydrogens (tertiary/aromatic N) is 4. The smallest absolute Gasteiger partial charge is 0.151 e. The molecule has 108 valence electrons. The van der Waals surface area contributed by atoms with Gasteiger partial charge in [-0.2, -0.15) is 5.10 Å². The maximum Gasteiger partial charge on any atom is 0.151 e. The Morgan fingerprint density at radius 2 is 2.05 bits per heavy atom. The summed E-state index contributed by atoms with van der Waals surface area (Å²) in [5.74, 6) is 0. The number of halogens is 1. The van der Waals surface area contributed by atoms with Gasteiger partial charge >= 0.3 is 0 Å². The van der Waals surface area contributed by atoms with E-state index in [1.165, 1.54) is 0 Å². The highest BCUT2D eigenvalue weighted by molar-refractivity contribution is 6.76. The zero-order chi connectivity index (χ0) is 14.6. The molecule has 0 unspecified atom stereocenters. The van der Waals surface area contributed by atoms with Crippen molar-refractivity contribution in [3.05, 3.63) is 29.7 Å². The predicted molar refractivity (Wildman–Crippen MR) is 82.4 cm³/mol. The average molecular weight is 311 g/mol. The minimum atomic E-state index is -1.03. The lowest BCUT2D eigenvalue weighted by Gasteiger charge is -2.15. The van der Waals surface area contributed by atoms with Crippen LogP contribution in [0.1, 0.15) is 0 Å². The molecule has 0 aliphatic heterocycles. The summed E-state index contributed by atoms with van der Waals surface area (Å²) in [5.41, 5.74) is 1.66. The second-order valence-electron chi connectivity index (χ2n) is 5.86. The summed E-state index contributed by atoms with van der Waals surface area (Å²) in [6, 6.07) is 4.69. The van der Waals surface area contributed by atoms with E-state index in [4.69, 9.17) is 16.3 Å². The van der Waals surface area contributed by atoms with Crippen LogP contribution in [-0.4, -0.2) is 34.7 Å². The second kappa shape index (κ2) is 6.47. The van der Waals surface area contributed by atoms with Crippen molar-refractivity contribution >= 4 is 19.7 Å². The zero-order valence-electron chi connectivity index (χ0n) is 12.0. The van der Waals surface area contributed by atoms with Gasteiger partial charge in [-0.3, -0.25) is 0 Å². The zero-order valence-corrected chi connectivity index (χ0v) is 13.8. The fraction of sp³-hybridized carbons (Fsp3) is 0.462.